The van der Waals surface area contributed by atoms with Gasteiger partial charge in [-0.1, -0.05) is 12.1 Å². The first kappa shape index (κ1) is 22.4. The minimum absolute atomic E-state index is 0.113. The molecule has 2 aromatic carbocycles. The summed E-state index contributed by atoms with van der Waals surface area (Å²) in [5.41, 5.74) is 1.35. The number of hydrogen-bond donors (Lipinski definition) is 2. The Bertz CT molecular complexity index is 988. The highest BCUT2D eigenvalue weighted by Crippen LogP contribution is 2.23. The molecule has 1 saturated heterocycles. The molecule has 1 fully saturated rings. The summed E-state index contributed by atoms with van der Waals surface area (Å²) < 4.78 is 27.0. The van der Waals surface area contributed by atoms with E-state index >= 15 is 0 Å². The molecule has 31 heavy (non-hydrogen) atoms. The summed E-state index contributed by atoms with van der Waals surface area (Å²) in [6, 6.07) is 9.89. The Morgan fingerprint density at radius 1 is 1.06 bits per heavy atom. The van der Waals surface area contributed by atoms with E-state index in [1.54, 1.807) is 6.07 Å². The average molecular weight is 429 g/mol. The van der Waals surface area contributed by atoms with Gasteiger partial charge in [-0.3, -0.25) is 14.4 Å². The van der Waals surface area contributed by atoms with Gasteiger partial charge in [-0.2, -0.15) is 0 Å². The number of nitrogens with one attached hydrogen (secondary N) is 2. The molecule has 1 heterocycles. The fraction of sp³-hybridized carbons (Fsp3) is 0.348. The van der Waals surface area contributed by atoms with Gasteiger partial charge in [0.25, 0.3) is 5.91 Å². The number of nitrogens with zero attached hydrogens (tertiary/aromatic N) is 1. The van der Waals surface area contributed by atoms with E-state index in [1.807, 2.05) is 25.1 Å². The van der Waals surface area contributed by atoms with E-state index in [0.29, 0.717) is 37.7 Å². The van der Waals surface area contributed by atoms with Crippen molar-refractivity contribution in [3.63, 3.8) is 0 Å². The summed E-state index contributed by atoms with van der Waals surface area (Å²) in [6.07, 6.45) is 0.915. The minimum atomic E-state index is -0.889. The molecule has 1 atom stereocenters. The predicted molar refractivity (Wildman–Crippen MR) is 112 cm³/mol. The highest BCUT2D eigenvalue weighted by Gasteiger charge is 2.29. The van der Waals surface area contributed by atoms with Crippen molar-refractivity contribution in [3.05, 3.63) is 65.2 Å². The second kappa shape index (κ2) is 9.68. The molecule has 3 rings (SSSR count). The molecule has 0 aromatic heterocycles. The number of anilines is 1. The van der Waals surface area contributed by atoms with Gasteiger partial charge in [0, 0.05) is 37.7 Å². The molecule has 1 aliphatic rings. The van der Waals surface area contributed by atoms with Crippen molar-refractivity contribution in [1.82, 2.24) is 10.2 Å². The largest absolute Gasteiger partial charge is 0.349 e. The van der Waals surface area contributed by atoms with Crippen molar-refractivity contribution in [2.45, 2.75) is 32.7 Å². The summed E-state index contributed by atoms with van der Waals surface area (Å²) in [6.45, 7) is 3.93. The highest BCUT2D eigenvalue weighted by atomic mass is 19.1. The molecule has 164 valence electrons. The van der Waals surface area contributed by atoms with E-state index in [0.717, 1.165) is 17.7 Å². The lowest BCUT2D eigenvalue weighted by Gasteiger charge is -2.32. The third kappa shape index (κ3) is 5.65. The lowest BCUT2D eigenvalue weighted by atomic mass is 9.94. The molecule has 2 N–H and O–H groups in total. The monoisotopic (exact) mass is 429 g/mol. The maximum atomic E-state index is 13.9. The molecule has 8 heteroatoms. The number of benzene rings is 2. The second-order valence-electron chi connectivity index (χ2n) is 7.73. The standard InChI is InChI=1S/C23H25F2N3O3/c1-14(17-4-3-5-19(12-17)27-15(2)29)26-22(30)16-8-10-28(11-9-16)23(31)20-7-6-18(24)13-21(20)25/h3-7,12-14,16H,8-11H2,1-2H3,(H,26,30)(H,27,29). The van der Waals surface area contributed by atoms with Gasteiger partial charge in [0.1, 0.15) is 11.6 Å². The number of carbonyl (C=O) groups excluding carboxylic acids is 3. The lowest BCUT2D eigenvalue weighted by molar-refractivity contribution is -0.127. The van der Waals surface area contributed by atoms with Gasteiger partial charge in [-0.05, 0) is 49.6 Å². The Kier molecular flexibility index (Phi) is 6.99. The molecule has 0 aliphatic carbocycles. The SMILES string of the molecule is CC(=O)Nc1cccc(C(C)NC(=O)C2CCN(C(=O)c3ccc(F)cc3F)CC2)c1. The zero-order valence-corrected chi connectivity index (χ0v) is 17.5. The van der Waals surface area contributed by atoms with Crippen LogP contribution in [0.1, 0.15) is 48.7 Å². The van der Waals surface area contributed by atoms with Crippen molar-refractivity contribution in [3.8, 4) is 0 Å². The summed E-state index contributed by atoms with van der Waals surface area (Å²) in [4.78, 5) is 37.9. The highest BCUT2D eigenvalue weighted by molar-refractivity contribution is 5.94. The number of halogens is 2. The third-order valence-corrected chi connectivity index (χ3v) is 5.38. The van der Waals surface area contributed by atoms with Crippen LogP contribution in [0.3, 0.4) is 0 Å². The summed E-state index contributed by atoms with van der Waals surface area (Å²) in [5, 5.41) is 5.70. The quantitative estimate of drug-likeness (QED) is 0.762. The average Bonchev–Trinajstić information content (AvgIpc) is 2.73. The van der Waals surface area contributed by atoms with Crippen LogP contribution in [0.15, 0.2) is 42.5 Å². The van der Waals surface area contributed by atoms with Gasteiger partial charge in [0.2, 0.25) is 11.8 Å². The summed E-state index contributed by atoms with van der Waals surface area (Å²) in [7, 11) is 0. The van der Waals surface area contributed by atoms with Gasteiger partial charge in [0.05, 0.1) is 11.6 Å². The van der Waals surface area contributed by atoms with Gasteiger partial charge in [-0.25, -0.2) is 8.78 Å². The van der Waals surface area contributed by atoms with Crippen LogP contribution >= 0.6 is 0 Å². The molecule has 0 spiro atoms. The number of piperidine rings is 1. The lowest BCUT2D eigenvalue weighted by Crippen LogP contribution is -2.43. The number of carbonyl (C=O) groups is 3. The first-order valence-electron chi connectivity index (χ1n) is 10.2. The van der Waals surface area contributed by atoms with Crippen LogP contribution in [0.25, 0.3) is 0 Å². The molecule has 2 aromatic rings. The van der Waals surface area contributed by atoms with Crippen LogP contribution in [0.5, 0.6) is 0 Å². The molecule has 0 saturated carbocycles. The molecule has 1 unspecified atom stereocenters. The van der Waals surface area contributed by atoms with Gasteiger partial charge in [0.15, 0.2) is 0 Å². The first-order chi connectivity index (χ1) is 14.7. The fourth-order valence-corrected chi connectivity index (χ4v) is 3.68. The molecule has 3 amide bonds. The normalized spacial score (nSPS) is 15.3. The van der Waals surface area contributed by atoms with Crippen LogP contribution in [-0.2, 0) is 9.59 Å². The minimum Gasteiger partial charge on any atom is -0.349 e. The maximum Gasteiger partial charge on any atom is 0.256 e. The van der Waals surface area contributed by atoms with Crippen molar-refractivity contribution in [2.75, 3.05) is 18.4 Å². The molecular formula is C23H25F2N3O3. The van der Waals surface area contributed by atoms with E-state index in [-0.39, 0.29) is 29.3 Å². The van der Waals surface area contributed by atoms with E-state index < -0.39 is 17.5 Å². The van der Waals surface area contributed by atoms with Crippen molar-refractivity contribution in [1.29, 1.82) is 0 Å². The summed E-state index contributed by atoms with van der Waals surface area (Å²) >= 11 is 0. The Morgan fingerprint density at radius 2 is 1.77 bits per heavy atom. The number of likely N-dealkylation sites (tertiary alicyclic amines) is 1. The Labute approximate surface area is 179 Å². The van der Waals surface area contributed by atoms with Crippen LogP contribution in [-0.4, -0.2) is 35.7 Å². The van der Waals surface area contributed by atoms with Crippen molar-refractivity contribution in [2.24, 2.45) is 5.92 Å². The predicted octanol–water partition coefficient (Wildman–Crippen LogP) is 3.65. The molecular weight excluding hydrogens is 404 g/mol. The zero-order valence-electron chi connectivity index (χ0n) is 17.5. The van der Waals surface area contributed by atoms with Gasteiger partial charge >= 0.3 is 0 Å². The van der Waals surface area contributed by atoms with E-state index in [9.17, 15) is 23.2 Å². The number of amides is 3. The van der Waals surface area contributed by atoms with E-state index in [2.05, 4.69) is 10.6 Å². The van der Waals surface area contributed by atoms with E-state index in [1.165, 1.54) is 11.8 Å². The smallest absolute Gasteiger partial charge is 0.256 e. The van der Waals surface area contributed by atoms with Gasteiger partial charge in [-0.15, -0.1) is 0 Å². The molecule has 0 radical (unpaired) electrons. The van der Waals surface area contributed by atoms with Crippen LogP contribution in [0.4, 0.5) is 14.5 Å². The summed E-state index contributed by atoms with van der Waals surface area (Å²) in [5.74, 6) is -2.67. The Hall–Kier alpha value is -3.29. The van der Waals surface area contributed by atoms with Gasteiger partial charge < -0.3 is 15.5 Å². The van der Waals surface area contributed by atoms with Crippen LogP contribution < -0.4 is 10.6 Å². The van der Waals surface area contributed by atoms with Crippen LogP contribution in [0.2, 0.25) is 0 Å². The number of hydrogen-bond acceptors (Lipinski definition) is 3. The fourth-order valence-electron chi connectivity index (χ4n) is 3.68. The molecule has 6 nitrogen and oxygen atoms in total. The topological polar surface area (TPSA) is 78.5 Å². The first-order valence-corrected chi connectivity index (χ1v) is 10.2. The van der Waals surface area contributed by atoms with E-state index in [4.69, 9.17) is 0 Å². The third-order valence-electron chi connectivity index (χ3n) is 5.38. The Morgan fingerprint density at radius 3 is 2.42 bits per heavy atom. The van der Waals surface area contributed by atoms with Crippen molar-refractivity contribution < 1.29 is 23.2 Å². The molecule has 0 bridgehead atoms. The maximum absolute atomic E-state index is 13.9. The second-order valence-corrected chi connectivity index (χ2v) is 7.73. The molecule has 1 aliphatic heterocycles. The van der Waals surface area contributed by atoms with Crippen molar-refractivity contribution >= 4 is 23.4 Å². The van der Waals surface area contributed by atoms with Crippen LogP contribution in [0, 0.1) is 17.6 Å². The zero-order chi connectivity index (χ0) is 22.5. The Balaban J connectivity index is 1.55. The number of rotatable bonds is 5.